The van der Waals surface area contributed by atoms with Crippen molar-refractivity contribution in [1.29, 1.82) is 0 Å². The van der Waals surface area contributed by atoms with Gasteiger partial charge in [-0.1, -0.05) is 12.1 Å². The Morgan fingerprint density at radius 1 is 1.27 bits per heavy atom. The largest absolute Gasteiger partial charge is 0.385 e. The van der Waals surface area contributed by atoms with Crippen molar-refractivity contribution in [2.24, 2.45) is 0 Å². The Morgan fingerprint density at radius 3 is 2.60 bits per heavy atom. The van der Waals surface area contributed by atoms with E-state index in [0.29, 0.717) is 5.88 Å². The lowest BCUT2D eigenvalue weighted by Gasteiger charge is -2.06. The fourth-order valence-corrected chi connectivity index (χ4v) is 1.57. The number of halogens is 1. The maximum absolute atomic E-state index is 5.66. The van der Waals surface area contributed by atoms with Crippen molar-refractivity contribution in [3.05, 3.63) is 29.8 Å². The Kier molecular flexibility index (Phi) is 6.21. The number of anilines is 1. The first-order valence-electron chi connectivity index (χ1n) is 5.24. The first kappa shape index (κ1) is 12.3. The molecule has 0 heterocycles. The van der Waals surface area contributed by atoms with Gasteiger partial charge in [-0.2, -0.15) is 0 Å². The van der Waals surface area contributed by atoms with Gasteiger partial charge in [-0.15, -0.1) is 11.6 Å². The first-order valence-corrected chi connectivity index (χ1v) is 5.78. The third kappa shape index (κ3) is 5.05. The molecule has 0 atom stereocenters. The molecule has 0 aliphatic heterocycles. The zero-order valence-electron chi connectivity index (χ0n) is 9.13. The number of methoxy groups -OCH3 is 1. The highest BCUT2D eigenvalue weighted by Gasteiger charge is 1.93. The Labute approximate surface area is 96.6 Å². The molecular weight excluding hydrogens is 210 g/mol. The van der Waals surface area contributed by atoms with Crippen LogP contribution in [0.15, 0.2) is 24.3 Å². The molecule has 1 N–H and O–H groups in total. The molecule has 0 aromatic heterocycles. The summed E-state index contributed by atoms with van der Waals surface area (Å²) in [5, 5.41) is 3.34. The third-order valence-electron chi connectivity index (χ3n) is 2.19. The van der Waals surface area contributed by atoms with E-state index >= 15 is 0 Å². The van der Waals surface area contributed by atoms with Crippen LogP contribution in [0.2, 0.25) is 0 Å². The van der Waals surface area contributed by atoms with E-state index in [4.69, 9.17) is 16.3 Å². The van der Waals surface area contributed by atoms with E-state index < -0.39 is 0 Å². The fourth-order valence-electron chi connectivity index (χ4n) is 1.35. The van der Waals surface area contributed by atoms with E-state index in [1.165, 1.54) is 5.56 Å². The zero-order valence-corrected chi connectivity index (χ0v) is 9.89. The summed E-state index contributed by atoms with van der Waals surface area (Å²) in [6.07, 6.45) is 1.96. The summed E-state index contributed by atoms with van der Waals surface area (Å²) in [5.41, 5.74) is 2.44. The van der Waals surface area contributed by atoms with Gasteiger partial charge in [0.15, 0.2) is 0 Å². The van der Waals surface area contributed by atoms with Gasteiger partial charge in [-0.05, 0) is 30.5 Å². The van der Waals surface area contributed by atoms with Crippen LogP contribution in [0.3, 0.4) is 0 Å². The SMILES string of the molecule is COCCCNc1ccc(CCCl)cc1. The Morgan fingerprint density at radius 2 is 2.00 bits per heavy atom. The molecule has 0 saturated heterocycles. The second-order valence-electron chi connectivity index (χ2n) is 3.41. The van der Waals surface area contributed by atoms with E-state index in [2.05, 4.69) is 29.6 Å². The molecule has 0 saturated carbocycles. The van der Waals surface area contributed by atoms with Gasteiger partial charge in [0.25, 0.3) is 0 Å². The van der Waals surface area contributed by atoms with Gasteiger partial charge in [-0.25, -0.2) is 0 Å². The average molecular weight is 228 g/mol. The van der Waals surface area contributed by atoms with E-state index in [9.17, 15) is 0 Å². The van der Waals surface area contributed by atoms with Crippen LogP contribution in [-0.2, 0) is 11.2 Å². The Balaban J connectivity index is 2.29. The van der Waals surface area contributed by atoms with Crippen molar-refractivity contribution in [1.82, 2.24) is 0 Å². The molecule has 1 aromatic rings. The van der Waals surface area contributed by atoms with E-state index in [1.807, 2.05) is 0 Å². The van der Waals surface area contributed by atoms with Crippen LogP contribution in [0.25, 0.3) is 0 Å². The molecular formula is C12H18ClNO. The maximum atomic E-state index is 5.66. The van der Waals surface area contributed by atoms with Crippen molar-refractivity contribution in [3.63, 3.8) is 0 Å². The van der Waals surface area contributed by atoms with E-state index in [1.54, 1.807) is 7.11 Å². The predicted octanol–water partition coefficient (Wildman–Crippen LogP) is 2.92. The van der Waals surface area contributed by atoms with Crippen LogP contribution in [0.5, 0.6) is 0 Å². The maximum Gasteiger partial charge on any atom is 0.0479 e. The monoisotopic (exact) mass is 227 g/mol. The quantitative estimate of drug-likeness (QED) is 0.571. The van der Waals surface area contributed by atoms with E-state index in [-0.39, 0.29) is 0 Å². The van der Waals surface area contributed by atoms with Crippen LogP contribution in [-0.4, -0.2) is 26.1 Å². The molecule has 84 valence electrons. The topological polar surface area (TPSA) is 21.3 Å². The third-order valence-corrected chi connectivity index (χ3v) is 2.38. The lowest BCUT2D eigenvalue weighted by molar-refractivity contribution is 0.198. The molecule has 0 radical (unpaired) electrons. The molecule has 1 rings (SSSR count). The number of ether oxygens (including phenoxy) is 1. The number of aryl methyl sites for hydroxylation is 1. The minimum absolute atomic E-state index is 0.681. The molecule has 0 unspecified atom stereocenters. The van der Waals surface area contributed by atoms with Gasteiger partial charge in [0.05, 0.1) is 0 Å². The minimum atomic E-state index is 0.681. The summed E-state index contributed by atoms with van der Waals surface area (Å²) in [6, 6.07) is 8.41. The number of hydrogen-bond donors (Lipinski definition) is 1. The molecule has 3 heteroatoms. The molecule has 2 nitrogen and oxygen atoms in total. The molecule has 15 heavy (non-hydrogen) atoms. The second-order valence-corrected chi connectivity index (χ2v) is 3.79. The summed E-state index contributed by atoms with van der Waals surface area (Å²) in [7, 11) is 1.72. The summed E-state index contributed by atoms with van der Waals surface area (Å²) in [5.74, 6) is 0.681. The van der Waals surface area contributed by atoms with Crippen LogP contribution in [0.1, 0.15) is 12.0 Å². The molecule has 0 amide bonds. The molecule has 0 aliphatic rings. The van der Waals surface area contributed by atoms with Crippen LogP contribution < -0.4 is 5.32 Å². The van der Waals surface area contributed by atoms with Crippen LogP contribution in [0.4, 0.5) is 5.69 Å². The summed E-state index contributed by atoms with van der Waals surface area (Å²) in [4.78, 5) is 0. The summed E-state index contributed by atoms with van der Waals surface area (Å²) >= 11 is 5.66. The van der Waals surface area contributed by atoms with Gasteiger partial charge < -0.3 is 10.1 Å². The lowest BCUT2D eigenvalue weighted by Crippen LogP contribution is -2.04. The van der Waals surface area contributed by atoms with Gasteiger partial charge in [-0.3, -0.25) is 0 Å². The lowest BCUT2D eigenvalue weighted by atomic mass is 10.1. The zero-order chi connectivity index (χ0) is 10.9. The normalized spacial score (nSPS) is 10.3. The van der Waals surface area contributed by atoms with Crippen LogP contribution in [0, 0.1) is 0 Å². The first-order chi connectivity index (χ1) is 7.36. The molecule has 0 spiro atoms. The van der Waals surface area contributed by atoms with E-state index in [0.717, 1.165) is 31.7 Å². The Bertz CT molecular complexity index is 261. The van der Waals surface area contributed by atoms with Crippen molar-refractivity contribution in [3.8, 4) is 0 Å². The number of hydrogen-bond acceptors (Lipinski definition) is 2. The highest BCUT2D eigenvalue weighted by Crippen LogP contribution is 2.10. The van der Waals surface area contributed by atoms with Crippen molar-refractivity contribution < 1.29 is 4.74 Å². The smallest absolute Gasteiger partial charge is 0.0479 e. The fraction of sp³-hybridized carbons (Fsp3) is 0.500. The number of alkyl halides is 1. The van der Waals surface area contributed by atoms with Gasteiger partial charge in [0.1, 0.15) is 0 Å². The molecule has 1 aromatic carbocycles. The Hall–Kier alpha value is -0.730. The molecule has 0 aliphatic carbocycles. The predicted molar refractivity (Wildman–Crippen MR) is 65.8 cm³/mol. The number of benzene rings is 1. The van der Waals surface area contributed by atoms with Gasteiger partial charge in [0.2, 0.25) is 0 Å². The summed E-state index contributed by atoms with van der Waals surface area (Å²) < 4.78 is 4.98. The van der Waals surface area contributed by atoms with Crippen molar-refractivity contribution in [2.45, 2.75) is 12.8 Å². The average Bonchev–Trinajstić information content (AvgIpc) is 2.27. The second kappa shape index (κ2) is 7.55. The van der Waals surface area contributed by atoms with Crippen molar-refractivity contribution in [2.75, 3.05) is 31.5 Å². The van der Waals surface area contributed by atoms with Gasteiger partial charge in [0, 0.05) is 31.8 Å². The highest BCUT2D eigenvalue weighted by molar-refractivity contribution is 6.17. The number of nitrogens with one attached hydrogen (secondary N) is 1. The van der Waals surface area contributed by atoms with Crippen molar-refractivity contribution >= 4 is 17.3 Å². The minimum Gasteiger partial charge on any atom is -0.385 e. The summed E-state index contributed by atoms with van der Waals surface area (Å²) in [6.45, 7) is 1.75. The molecule has 0 bridgehead atoms. The number of rotatable bonds is 7. The standard InChI is InChI=1S/C12H18ClNO/c1-15-10-2-9-14-12-5-3-11(4-6-12)7-8-13/h3-6,14H,2,7-10H2,1H3. The molecule has 0 fully saturated rings. The van der Waals surface area contributed by atoms with Gasteiger partial charge >= 0.3 is 0 Å². The van der Waals surface area contributed by atoms with Crippen LogP contribution >= 0.6 is 11.6 Å². The highest BCUT2D eigenvalue weighted by atomic mass is 35.5.